The van der Waals surface area contributed by atoms with E-state index >= 15 is 0 Å². The number of thiophene rings is 9. The quantitative estimate of drug-likeness (QED) is 0.108. The predicted molar refractivity (Wildman–Crippen MR) is 557 cm³/mol. The molecule has 11 aromatic heterocycles. The summed E-state index contributed by atoms with van der Waals surface area (Å²) in [6.45, 7) is 4.54. The van der Waals surface area contributed by atoms with Gasteiger partial charge >= 0.3 is 0 Å². The van der Waals surface area contributed by atoms with Crippen LogP contribution < -0.4 is 0 Å². The highest BCUT2D eigenvalue weighted by Gasteiger charge is 2.20. The highest BCUT2D eigenvalue weighted by molar-refractivity contribution is 7.28. The lowest BCUT2D eigenvalue weighted by atomic mass is 10.0. The molecule has 125 heavy (non-hydrogen) atoms. The lowest BCUT2D eigenvalue weighted by Crippen LogP contribution is -1.77. The molecule has 0 bridgehead atoms. The number of hydrogen-bond donors (Lipinski definition) is 0. The lowest BCUT2D eigenvalue weighted by Gasteiger charge is -2.03. The zero-order chi connectivity index (χ0) is 83.0. The van der Waals surface area contributed by atoms with E-state index in [1.165, 1.54) is 233 Å². The number of benzene rings is 15. The van der Waals surface area contributed by atoms with E-state index in [2.05, 4.69) is 341 Å². The minimum absolute atomic E-state index is 0.905. The van der Waals surface area contributed by atoms with Crippen molar-refractivity contribution >= 4 is 245 Å². The van der Waals surface area contributed by atoms with Gasteiger partial charge in [-0.15, -0.1) is 102 Å². The molecule has 11 heterocycles. The van der Waals surface area contributed by atoms with Crippen LogP contribution >= 0.6 is 102 Å². The molecule has 0 aliphatic carbocycles. The Hall–Kier alpha value is -12.2. The standard InChI is InChI=1S/C34H22S2.C28H16O2S.C28H16S3.C24H24S3/c1-3-7-23(8-4-1)25-11-15-27(16-12-25)31-20-29-19-30-21-32(36-34(30)22-33(29)35-31)28-17-13-26(14-18-28)24-9-5-2-6-10-24;1-3-7-17(8-4-1)23-13-19-11-21-22-12-20-14-24(18-9-5-2-6-10-18)30-26(20)16-28(22)31-27(21)15-25(19)29-23;1-3-7-17(8-4-1)23-11-19-13-27-21(15-25(19)29-23)22-16-26-20(14-28(22)31-27)12-24(30-26)18-9-5-2-6-10-18;1-3-5-7-17-9-15-11-19-20-12-16-10-18(8-6-4-2)26-22(16)14-24(20)27-23(19)13-21(15)25-17/h1-22H;2*1-16H;9-14H,3-8H2,1-2H3. The Morgan fingerprint density at radius 1 is 0.184 bits per heavy atom. The van der Waals surface area contributed by atoms with Gasteiger partial charge < -0.3 is 8.83 Å². The summed E-state index contributed by atoms with van der Waals surface area (Å²) in [5.74, 6) is 1.81. The summed E-state index contributed by atoms with van der Waals surface area (Å²) in [7, 11) is 0. The molecule has 0 atom stereocenters. The van der Waals surface area contributed by atoms with Crippen molar-refractivity contribution in [3.05, 3.63) is 374 Å². The van der Waals surface area contributed by atoms with E-state index in [0.717, 1.165) is 44.6 Å². The van der Waals surface area contributed by atoms with E-state index in [1.807, 2.05) is 127 Å². The van der Waals surface area contributed by atoms with Crippen LogP contribution in [-0.2, 0) is 12.8 Å². The van der Waals surface area contributed by atoms with Crippen LogP contribution in [-0.4, -0.2) is 0 Å². The number of furan rings is 2. The number of aryl methyl sites for hydroxylation is 2. The average molecular weight is 1770 g/mol. The van der Waals surface area contributed by atoms with Crippen LogP contribution in [0.1, 0.15) is 49.3 Å². The smallest absolute Gasteiger partial charge is 0.136 e. The average Bonchev–Trinajstić information content (AvgIpc) is 1.59. The summed E-state index contributed by atoms with van der Waals surface area (Å²) in [4.78, 5) is 8.39. The zero-order valence-corrected chi connectivity index (χ0v) is 75.7. The van der Waals surface area contributed by atoms with Gasteiger partial charge in [-0.3, -0.25) is 0 Å². The molecule has 0 unspecified atom stereocenters. The molecule has 26 rings (SSSR count). The number of rotatable bonds is 14. The molecule has 0 fully saturated rings. The summed E-state index contributed by atoms with van der Waals surface area (Å²) >= 11 is 17.2. The molecule has 26 aromatic rings. The first-order valence-corrected chi connectivity index (χ1v) is 50.0. The molecule has 0 saturated carbocycles. The number of fused-ring (bicyclic) bond motifs is 17. The molecular formula is C114H78O2S9. The summed E-state index contributed by atoms with van der Waals surface area (Å²) in [6.07, 6.45) is 7.57. The molecule has 11 heteroatoms. The van der Waals surface area contributed by atoms with Crippen molar-refractivity contribution in [3.63, 3.8) is 0 Å². The summed E-state index contributed by atoms with van der Waals surface area (Å²) in [5, 5.41) is 18.6. The van der Waals surface area contributed by atoms with Crippen LogP contribution in [0.15, 0.2) is 373 Å². The second kappa shape index (κ2) is 33.4. The van der Waals surface area contributed by atoms with Gasteiger partial charge in [0, 0.05) is 140 Å². The summed E-state index contributed by atoms with van der Waals surface area (Å²) in [5.41, 5.74) is 14.2. The molecule has 0 radical (unpaired) electrons. The maximum absolute atomic E-state index is 6.17. The van der Waals surface area contributed by atoms with Gasteiger partial charge in [0.25, 0.3) is 0 Å². The lowest BCUT2D eigenvalue weighted by molar-refractivity contribution is 0.631. The van der Waals surface area contributed by atoms with Gasteiger partial charge in [-0.05, 0) is 236 Å². The largest absolute Gasteiger partial charge is 0.456 e. The zero-order valence-electron chi connectivity index (χ0n) is 68.4. The van der Waals surface area contributed by atoms with E-state index in [9.17, 15) is 0 Å². The van der Waals surface area contributed by atoms with Crippen molar-refractivity contribution in [2.24, 2.45) is 0 Å². The molecule has 2 nitrogen and oxygen atoms in total. The van der Waals surface area contributed by atoms with Gasteiger partial charge in [0.15, 0.2) is 0 Å². The van der Waals surface area contributed by atoms with Crippen molar-refractivity contribution in [2.45, 2.75) is 52.4 Å². The Balaban J connectivity index is 0.0000000965. The van der Waals surface area contributed by atoms with E-state index < -0.39 is 0 Å². The van der Waals surface area contributed by atoms with Crippen LogP contribution in [0.4, 0.5) is 0 Å². The van der Waals surface area contributed by atoms with Crippen LogP contribution in [0.5, 0.6) is 0 Å². The second-order valence-corrected chi connectivity index (χ2v) is 42.1. The monoisotopic (exact) mass is 1770 g/mol. The van der Waals surface area contributed by atoms with Gasteiger partial charge in [-0.25, -0.2) is 0 Å². The minimum Gasteiger partial charge on any atom is -0.456 e. The fourth-order valence-electron chi connectivity index (χ4n) is 17.3. The first-order valence-electron chi connectivity index (χ1n) is 42.7. The van der Waals surface area contributed by atoms with Gasteiger partial charge in [-0.1, -0.05) is 257 Å². The van der Waals surface area contributed by atoms with Crippen LogP contribution in [0.25, 0.3) is 230 Å². The maximum Gasteiger partial charge on any atom is 0.136 e. The third kappa shape index (κ3) is 15.4. The Morgan fingerprint density at radius 3 is 0.800 bits per heavy atom. The van der Waals surface area contributed by atoms with Crippen molar-refractivity contribution < 1.29 is 8.83 Å². The van der Waals surface area contributed by atoms with Gasteiger partial charge in [0.2, 0.25) is 0 Å². The summed E-state index contributed by atoms with van der Waals surface area (Å²) in [6, 6.07) is 132. The van der Waals surface area contributed by atoms with Crippen molar-refractivity contribution in [1.82, 2.24) is 0 Å². The Bertz CT molecular complexity index is 7660. The SMILES string of the molecule is CCCCc1cc2cc3c(cc2s1)sc1cc2sc(CCCC)cc2cc13.c1ccc(-c2cc3cc4c(cc3o2)sc2cc3oc(-c5ccccc5)cc3cc24)cc1.c1ccc(-c2cc3cc4sc5cc6cc(-c7ccccc7)sc6cc5c4cc3s2)cc1.c1ccc(-c2ccc(-c3cc4cc5cc(-c6ccc(-c7ccccc7)cc6)sc5cc4s3)cc2)cc1. The fourth-order valence-corrected chi connectivity index (χ4v) is 27.6. The molecule has 0 aliphatic rings. The van der Waals surface area contributed by atoms with Crippen LogP contribution in [0.2, 0.25) is 0 Å². The Kier molecular flexibility index (Phi) is 20.7. The van der Waals surface area contributed by atoms with Gasteiger partial charge in [0.1, 0.15) is 22.7 Å². The number of hydrogen-bond acceptors (Lipinski definition) is 11. The van der Waals surface area contributed by atoms with E-state index in [4.69, 9.17) is 8.83 Å². The molecule has 600 valence electrons. The highest BCUT2D eigenvalue weighted by Crippen LogP contribution is 2.49. The normalized spacial score (nSPS) is 11.8. The molecular weight excluding hydrogens is 1690 g/mol. The van der Waals surface area contributed by atoms with E-state index in [-0.39, 0.29) is 0 Å². The van der Waals surface area contributed by atoms with Gasteiger partial charge in [0.05, 0.1) is 0 Å². The van der Waals surface area contributed by atoms with Gasteiger partial charge in [-0.2, -0.15) is 0 Å². The third-order valence-corrected chi connectivity index (χ3v) is 34.1. The first-order chi connectivity index (χ1) is 61.7. The molecule has 0 N–H and O–H groups in total. The molecule has 0 aliphatic heterocycles. The first kappa shape index (κ1) is 77.6. The summed E-state index contributed by atoms with van der Waals surface area (Å²) < 4.78 is 28.7. The fraction of sp³-hybridized carbons (Fsp3) is 0.0702. The molecule has 0 spiro atoms. The maximum atomic E-state index is 6.17. The van der Waals surface area contributed by atoms with Crippen LogP contribution in [0.3, 0.4) is 0 Å². The highest BCUT2D eigenvalue weighted by atomic mass is 32.1. The second-order valence-electron chi connectivity index (χ2n) is 32.2. The van der Waals surface area contributed by atoms with Crippen molar-refractivity contribution in [3.8, 4) is 86.7 Å². The predicted octanol–water partition coefficient (Wildman–Crippen LogP) is 38.7. The minimum atomic E-state index is 0.905. The molecule has 15 aromatic carbocycles. The third-order valence-electron chi connectivity index (χ3n) is 23.8. The Labute approximate surface area is 759 Å². The molecule has 0 saturated heterocycles. The number of unbranched alkanes of at least 4 members (excludes halogenated alkanes) is 2. The van der Waals surface area contributed by atoms with E-state index in [0.29, 0.717) is 0 Å². The van der Waals surface area contributed by atoms with Crippen LogP contribution in [0, 0.1) is 0 Å². The Morgan fingerprint density at radius 2 is 0.440 bits per heavy atom. The molecule has 0 amide bonds. The van der Waals surface area contributed by atoms with Crippen molar-refractivity contribution in [2.75, 3.05) is 0 Å². The topological polar surface area (TPSA) is 26.3 Å². The van der Waals surface area contributed by atoms with E-state index in [1.54, 1.807) is 11.3 Å². The van der Waals surface area contributed by atoms with Crippen molar-refractivity contribution in [1.29, 1.82) is 0 Å².